The first kappa shape index (κ1) is 15.9. The van der Waals surface area contributed by atoms with Gasteiger partial charge in [0.1, 0.15) is 0 Å². The van der Waals surface area contributed by atoms with Gasteiger partial charge >= 0.3 is 11.9 Å². The van der Waals surface area contributed by atoms with Crippen molar-refractivity contribution in [3.63, 3.8) is 0 Å². The Bertz CT molecular complexity index is 494. The van der Waals surface area contributed by atoms with Crippen LogP contribution in [0.5, 0.6) is 0 Å². The van der Waals surface area contributed by atoms with Gasteiger partial charge in [-0.3, -0.25) is 0 Å². The summed E-state index contributed by atoms with van der Waals surface area (Å²) in [7, 11) is -1.12. The Morgan fingerprint density at radius 2 is 1.45 bits per heavy atom. The van der Waals surface area contributed by atoms with Gasteiger partial charge in [-0.25, -0.2) is 9.59 Å². The molecular formula is C15H18O4Si. The summed E-state index contributed by atoms with van der Waals surface area (Å²) in [4.78, 5) is 23.2. The van der Waals surface area contributed by atoms with Gasteiger partial charge in [-0.1, -0.05) is 48.7 Å². The van der Waals surface area contributed by atoms with Gasteiger partial charge in [0.25, 0.3) is 0 Å². The Hall–Kier alpha value is -2.14. The van der Waals surface area contributed by atoms with Gasteiger partial charge in [-0.15, -0.1) is 0 Å². The third-order valence-electron chi connectivity index (χ3n) is 2.42. The first-order valence-corrected chi connectivity index (χ1v) is 7.69. The van der Waals surface area contributed by atoms with Crippen molar-refractivity contribution in [2.45, 2.75) is 19.8 Å². The zero-order chi connectivity index (χ0) is 15.1. The number of hydrogen-bond acceptors (Lipinski definition) is 4. The zero-order valence-electron chi connectivity index (χ0n) is 11.7. The van der Waals surface area contributed by atoms with Crippen LogP contribution in [0.3, 0.4) is 0 Å². The molecule has 0 unspecified atom stereocenters. The summed E-state index contributed by atoms with van der Waals surface area (Å²) >= 11 is 0. The van der Waals surface area contributed by atoms with Crippen molar-refractivity contribution < 1.29 is 19.1 Å². The Balaban J connectivity index is 2.78. The average Bonchev–Trinajstić information content (AvgIpc) is 2.39. The van der Waals surface area contributed by atoms with E-state index < -0.39 is 27.4 Å². The van der Waals surface area contributed by atoms with E-state index in [-0.39, 0.29) is 11.1 Å². The van der Waals surface area contributed by atoms with Crippen LogP contribution in [0.2, 0.25) is 0 Å². The normalized spacial score (nSPS) is 10.6. The fourth-order valence-electron chi connectivity index (χ4n) is 1.35. The lowest BCUT2D eigenvalue weighted by molar-refractivity contribution is -0.168. The first-order valence-electron chi connectivity index (χ1n) is 6.17. The number of carbonyl (C=O) groups excluding carboxylic acids is 2. The number of carbonyl (C=O) groups is 2. The fourth-order valence-corrected chi connectivity index (χ4v) is 2.75. The summed E-state index contributed by atoms with van der Waals surface area (Å²) < 4.78 is 10.4. The van der Waals surface area contributed by atoms with Crippen molar-refractivity contribution in [3.05, 3.63) is 54.6 Å². The van der Waals surface area contributed by atoms with Crippen LogP contribution < -0.4 is 5.19 Å². The van der Waals surface area contributed by atoms with Gasteiger partial charge in [0.15, 0.2) is 9.52 Å². The van der Waals surface area contributed by atoms with Crippen molar-refractivity contribution in [1.29, 1.82) is 0 Å². The predicted octanol–water partition coefficient (Wildman–Crippen LogP) is 1.00. The number of esters is 2. The zero-order valence-corrected chi connectivity index (χ0v) is 13.1. The van der Waals surface area contributed by atoms with E-state index in [0.717, 1.165) is 5.19 Å². The van der Waals surface area contributed by atoms with Crippen molar-refractivity contribution in [2.24, 2.45) is 0 Å². The second-order valence-corrected chi connectivity index (χ2v) is 6.38. The maximum atomic E-state index is 11.6. The molecule has 106 valence electrons. The maximum absolute atomic E-state index is 11.6. The molecule has 5 heteroatoms. The molecule has 0 atom stereocenters. The van der Waals surface area contributed by atoms with E-state index in [9.17, 15) is 9.59 Å². The molecule has 1 aromatic carbocycles. The highest BCUT2D eigenvalue weighted by Gasteiger charge is 2.20. The fraction of sp³-hybridized carbons (Fsp3) is 0.200. The lowest BCUT2D eigenvalue weighted by Gasteiger charge is -2.18. The summed E-state index contributed by atoms with van der Waals surface area (Å²) in [6.07, 6.45) is 0. The molecule has 0 N–H and O–H groups in total. The number of hydrogen-bond donors (Lipinski definition) is 0. The highest BCUT2D eigenvalue weighted by Crippen LogP contribution is 2.03. The molecule has 0 aliphatic carbocycles. The first-order chi connectivity index (χ1) is 9.40. The highest BCUT2D eigenvalue weighted by molar-refractivity contribution is 6.54. The second-order valence-electron chi connectivity index (χ2n) is 4.49. The topological polar surface area (TPSA) is 52.6 Å². The minimum absolute atomic E-state index is 0.267. The molecule has 0 bridgehead atoms. The van der Waals surface area contributed by atoms with Gasteiger partial charge in [-0.2, -0.15) is 0 Å². The maximum Gasteiger partial charge on any atom is 0.335 e. The van der Waals surface area contributed by atoms with E-state index in [0.29, 0.717) is 0 Å². The van der Waals surface area contributed by atoms with E-state index in [1.54, 1.807) is 13.8 Å². The molecule has 0 aliphatic heterocycles. The average molecular weight is 290 g/mol. The van der Waals surface area contributed by atoms with Gasteiger partial charge in [-0.05, 0) is 13.8 Å². The molecule has 0 aromatic heterocycles. The molecule has 0 heterocycles. The molecule has 1 rings (SSSR count). The van der Waals surface area contributed by atoms with Gasteiger partial charge in [0, 0.05) is 11.1 Å². The largest absolute Gasteiger partial charge is 0.427 e. The SMILES string of the molecule is C=C(C)C(=O)OC(OC(=O)C(=C)C)[SiH2]c1ccccc1. The Labute approximate surface area is 120 Å². The third kappa shape index (κ3) is 5.24. The van der Waals surface area contributed by atoms with Gasteiger partial charge in [0.05, 0.1) is 0 Å². The second kappa shape index (κ2) is 7.45. The lowest BCUT2D eigenvalue weighted by Crippen LogP contribution is -2.36. The minimum Gasteiger partial charge on any atom is -0.427 e. The summed E-state index contributed by atoms with van der Waals surface area (Å²) in [6, 6.07) is 9.51. The van der Waals surface area contributed by atoms with Gasteiger partial charge in [0.2, 0.25) is 5.91 Å². The van der Waals surface area contributed by atoms with Crippen LogP contribution in [0.15, 0.2) is 54.6 Å². The van der Waals surface area contributed by atoms with Crippen molar-refractivity contribution in [2.75, 3.05) is 0 Å². The lowest BCUT2D eigenvalue weighted by atomic mass is 10.4. The van der Waals surface area contributed by atoms with Crippen molar-refractivity contribution in [3.8, 4) is 0 Å². The molecule has 0 saturated heterocycles. The molecular weight excluding hydrogens is 272 g/mol. The minimum atomic E-state index is -1.12. The summed E-state index contributed by atoms with van der Waals surface area (Å²) in [5.74, 6) is -1.98. The Morgan fingerprint density at radius 1 is 1.00 bits per heavy atom. The quantitative estimate of drug-likeness (QED) is 0.339. The summed E-state index contributed by atoms with van der Waals surface area (Å²) in [5, 5.41) is 1.03. The van der Waals surface area contributed by atoms with Crippen LogP contribution in [0.25, 0.3) is 0 Å². The van der Waals surface area contributed by atoms with E-state index in [1.807, 2.05) is 30.3 Å². The van der Waals surface area contributed by atoms with Crippen LogP contribution in [0.4, 0.5) is 0 Å². The van der Waals surface area contributed by atoms with E-state index in [1.165, 1.54) is 0 Å². The van der Waals surface area contributed by atoms with Crippen LogP contribution >= 0.6 is 0 Å². The number of rotatable bonds is 6. The standard InChI is InChI=1S/C15H18O4Si/c1-10(2)13(16)18-15(19-14(17)11(3)4)20-12-8-6-5-7-9-12/h5-9,15H,1,3,20H2,2,4H3. The molecule has 20 heavy (non-hydrogen) atoms. The summed E-state index contributed by atoms with van der Waals surface area (Å²) in [6.45, 7) is 10.1. The molecule has 0 spiro atoms. The van der Waals surface area contributed by atoms with E-state index in [2.05, 4.69) is 13.2 Å². The van der Waals surface area contributed by atoms with E-state index in [4.69, 9.17) is 9.47 Å². The van der Waals surface area contributed by atoms with Crippen LogP contribution in [0, 0.1) is 0 Å². The van der Waals surface area contributed by atoms with Crippen LogP contribution in [-0.4, -0.2) is 27.4 Å². The van der Waals surface area contributed by atoms with E-state index >= 15 is 0 Å². The van der Waals surface area contributed by atoms with Crippen LogP contribution in [-0.2, 0) is 19.1 Å². The van der Waals surface area contributed by atoms with Crippen molar-refractivity contribution >= 4 is 26.6 Å². The Kier molecular flexibility index (Phi) is 5.93. The molecule has 0 saturated carbocycles. The summed E-state index contributed by atoms with van der Waals surface area (Å²) in [5.41, 5.74) is 0.534. The monoisotopic (exact) mass is 290 g/mol. The number of ether oxygens (including phenoxy) is 2. The smallest absolute Gasteiger partial charge is 0.335 e. The third-order valence-corrected chi connectivity index (χ3v) is 4.03. The number of benzene rings is 1. The molecule has 1 aromatic rings. The molecule has 0 radical (unpaired) electrons. The predicted molar refractivity (Wildman–Crippen MR) is 80.2 cm³/mol. The van der Waals surface area contributed by atoms with Crippen molar-refractivity contribution in [1.82, 2.24) is 0 Å². The van der Waals surface area contributed by atoms with Gasteiger partial charge < -0.3 is 9.47 Å². The van der Waals surface area contributed by atoms with Crippen LogP contribution in [0.1, 0.15) is 13.8 Å². The molecule has 0 aliphatic rings. The molecule has 4 nitrogen and oxygen atoms in total. The molecule has 0 fully saturated rings. The molecule has 0 amide bonds. The Morgan fingerprint density at radius 3 is 1.85 bits per heavy atom. The highest BCUT2D eigenvalue weighted by atomic mass is 28.2.